The van der Waals surface area contributed by atoms with Crippen LogP contribution in [0.4, 0.5) is 11.4 Å². The van der Waals surface area contributed by atoms with E-state index in [1.54, 1.807) is 28.8 Å². The Morgan fingerprint density at radius 3 is 2.76 bits per heavy atom. The zero-order valence-corrected chi connectivity index (χ0v) is 16.8. The number of carbonyl (C=O) groups excluding carboxylic acids is 1. The summed E-state index contributed by atoms with van der Waals surface area (Å²) in [6, 6.07) is 10.9. The number of amides is 1. The topological polar surface area (TPSA) is 123 Å². The number of carbonyl (C=O) groups is 1. The fourth-order valence-corrected chi connectivity index (χ4v) is 3.59. The van der Waals surface area contributed by atoms with Gasteiger partial charge in [0.05, 0.1) is 16.2 Å². The number of aromatic hydroxyl groups is 1. The van der Waals surface area contributed by atoms with Crippen molar-refractivity contribution < 1.29 is 14.8 Å². The predicted molar refractivity (Wildman–Crippen MR) is 110 cm³/mol. The zero-order chi connectivity index (χ0) is 21.0. The lowest BCUT2D eigenvalue weighted by atomic mass is 10.2. The van der Waals surface area contributed by atoms with Gasteiger partial charge < -0.3 is 15.0 Å². The van der Waals surface area contributed by atoms with Gasteiger partial charge in [-0.2, -0.15) is 0 Å². The van der Waals surface area contributed by atoms with Crippen LogP contribution in [0, 0.1) is 10.1 Å². The molecule has 1 amide bonds. The van der Waals surface area contributed by atoms with Crippen molar-refractivity contribution in [1.82, 2.24) is 14.8 Å². The summed E-state index contributed by atoms with van der Waals surface area (Å²) >= 11 is 6.94. The first-order chi connectivity index (χ1) is 13.9. The molecule has 3 aromatic rings. The van der Waals surface area contributed by atoms with Crippen LogP contribution in [0.2, 0.25) is 5.02 Å². The van der Waals surface area contributed by atoms with Crippen LogP contribution in [0.15, 0.2) is 47.6 Å². The van der Waals surface area contributed by atoms with Crippen LogP contribution < -0.4 is 5.32 Å². The Morgan fingerprint density at radius 2 is 2.07 bits per heavy atom. The molecule has 3 rings (SSSR count). The van der Waals surface area contributed by atoms with Crippen molar-refractivity contribution in [3.05, 3.63) is 57.6 Å². The largest absolute Gasteiger partial charge is 0.507 e. The van der Waals surface area contributed by atoms with Gasteiger partial charge in [-0.1, -0.05) is 35.5 Å². The lowest BCUT2D eigenvalue weighted by Crippen LogP contribution is -2.14. The molecule has 9 nitrogen and oxygen atoms in total. The van der Waals surface area contributed by atoms with E-state index < -0.39 is 4.92 Å². The van der Waals surface area contributed by atoms with E-state index in [0.717, 1.165) is 0 Å². The van der Waals surface area contributed by atoms with Crippen LogP contribution in [-0.4, -0.2) is 36.5 Å². The van der Waals surface area contributed by atoms with Crippen LogP contribution in [0.3, 0.4) is 0 Å². The molecule has 2 N–H and O–H groups in total. The summed E-state index contributed by atoms with van der Waals surface area (Å²) in [4.78, 5) is 22.6. The molecule has 11 heteroatoms. The van der Waals surface area contributed by atoms with E-state index in [-0.39, 0.29) is 33.8 Å². The van der Waals surface area contributed by atoms with Gasteiger partial charge in [0, 0.05) is 18.3 Å². The maximum Gasteiger partial charge on any atom is 0.289 e. The summed E-state index contributed by atoms with van der Waals surface area (Å²) in [5, 5.41) is 32.4. The highest BCUT2D eigenvalue weighted by atomic mass is 35.5. The first kappa shape index (κ1) is 20.6. The summed E-state index contributed by atoms with van der Waals surface area (Å²) in [5.41, 5.74) is 0.542. The number of hydrogen-bond donors (Lipinski definition) is 2. The van der Waals surface area contributed by atoms with E-state index in [9.17, 15) is 20.0 Å². The number of aromatic nitrogens is 3. The first-order valence-electron chi connectivity index (χ1n) is 8.48. The molecule has 2 aromatic carbocycles. The van der Waals surface area contributed by atoms with Crippen molar-refractivity contribution in [2.75, 3.05) is 11.1 Å². The summed E-state index contributed by atoms with van der Waals surface area (Å²) in [5.74, 6) is 0.256. The molecule has 0 aliphatic rings. The number of nitro groups is 1. The number of nitro benzene ring substituents is 1. The lowest BCUT2D eigenvalue weighted by Gasteiger charge is -2.09. The van der Waals surface area contributed by atoms with Crippen molar-refractivity contribution >= 4 is 40.6 Å². The number of nitrogens with zero attached hydrogens (tertiary/aromatic N) is 4. The predicted octanol–water partition coefficient (Wildman–Crippen LogP) is 3.96. The maximum atomic E-state index is 12.3. The minimum absolute atomic E-state index is 0.00452. The third kappa shape index (κ3) is 4.66. The van der Waals surface area contributed by atoms with Crippen LogP contribution >= 0.6 is 23.4 Å². The van der Waals surface area contributed by atoms with Gasteiger partial charge in [-0.15, -0.1) is 10.2 Å². The monoisotopic (exact) mass is 433 g/mol. The Hall–Kier alpha value is -3.11. The number of anilines is 1. The molecule has 0 aliphatic heterocycles. The Kier molecular flexibility index (Phi) is 6.35. The van der Waals surface area contributed by atoms with E-state index >= 15 is 0 Å². The number of thioether (sulfide) groups is 1. The molecule has 0 bridgehead atoms. The van der Waals surface area contributed by atoms with E-state index in [0.29, 0.717) is 23.1 Å². The van der Waals surface area contributed by atoms with Gasteiger partial charge in [0.1, 0.15) is 10.8 Å². The Bertz CT molecular complexity index is 1070. The van der Waals surface area contributed by atoms with Crippen LogP contribution in [0.1, 0.15) is 6.92 Å². The molecular formula is C18H16ClN5O4S. The molecule has 0 radical (unpaired) electrons. The van der Waals surface area contributed by atoms with Gasteiger partial charge in [0.25, 0.3) is 5.69 Å². The number of benzene rings is 2. The second kappa shape index (κ2) is 8.93. The Morgan fingerprint density at radius 1 is 1.31 bits per heavy atom. The Balaban J connectivity index is 1.70. The summed E-state index contributed by atoms with van der Waals surface area (Å²) < 4.78 is 1.79. The third-order valence-electron chi connectivity index (χ3n) is 3.94. The van der Waals surface area contributed by atoms with Gasteiger partial charge in [-0.25, -0.2) is 0 Å². The quantitative estimate of drug-likeness (QED) is 0.328. The smallest absolute Gasteiger partial charge is 0.289 e. The average Bonchev–Trinajstić information content (AvgIpc) is 3.10. The van der Waals surface area contributed by atoms with Gasteiger partial charge in [0.15, 0.2) is 11.0 Å². The van der Waals surface area contributed by atoms with Crippen LogP contribution in [0.5, 0.6) is 5.75 Å². The molecule has 0 saturated carbocycles. The van der Waals surface area contributed by atoms with E-state index in [1.807, 2.05) is 6.92 Å². The molecular weight excluding hydrogens is 418 g/mol. The number of rotatable bonds is 7. The first-order valence-corrected chi connectivity index (χ1v) is 9.85. The molecule has 0 aliphatic carbocycles. The molecule has 0 spiro atoms. The SMILES string of the molecule is CCn1c(SCC(=O)Nc2ccc(Cl)c([N+](=O)[O-])c2)nnc1-c1ccccc1O. The van der Waals surface area contributed by atoms with Gasteiger partial charge in [-0.3, -0.25) is 14.9 Å². The number of phenolic OH excluding ortho intramolecular Hbond substituents is 1. The number of phenols is 1. The highest BCUT2D eigenvalue weighted by Crippen LogP contribution is 2.30. The fourth-order valence-electron chi connectivity index (χ4n) is 2.60. The second-order valence-electron chi connectivity index (χ2n) is 5.83. The minimum Gasteiger partial charge on any atom is -0.507 e. The van der Waals surface area contributed by atoms with Gasteiger partial charge >= 0.3 is 0 Å². The molecule has 150 valence electrons. The van der Waals surface area contributed by atoms with Gasteiger partial charge in [-0.05, 0) is 31.2 Å². The van der Waals surface area contributed by atoms with Gasteiger partial charge in [0.2, 0.25) is 5.91 Å². The van der Waals surface area contributed by atoms with Crippen molar-refractivity contribution in [2.24, 2.45) is 0 Å². The van der Waals surface area contributed by atoms with E-state index in [2.05, 4.69) is 15.5 Å². The third-order valence-corrected chi connectivity index (χ3v) is 5.22. The zero-order valence-electron chi connectivity index (χ0n) is 15.2. The van der Waals surface area contributed by atoms with E-state index in [4.69, 9.17) is 11.6 Å². The van der Waals surface area contributed by atoms with E-state index in [1.165, 1.54) is 30.0 Å². The van der Waals surface area contributed by atoms with Crippen LogP contribution in [-0.2, 0) is 11.3 Å². The number of halogens is 1. The molecule has 1 heterocycles. The molecule has 29 heavy (non-hydrogen) atoms. The highest BCUT2D eigenvalue weighted by Gasteiger charge is 2.18. The van der Waals surface area contributed by atoms with Crippen LogP contribution in [0.25, 0.3) is 11.4 Å². The number of nitrogens with one attached hydrogen (secondary N) is 1. The maximum absolute atomic E-state index is 12.3. The summed E-state index contributed by atoms with van der Waals surface area (Å²) in [7, 11) is 0. The minimum atomic E-state index is -0.614. The summed E-state index contributed by atoms with van der Waals surface area (Å²) in [6.45, 7) is 2.45. The normalized spacial score (nSPS) is 10.7. The van der Waals surface area contributed by atoms with Crippen molar-refractivity contribution in [2.45, 2.75) is 18.6 Å². The average molecular weight is 434 g/mol. The standard InChI is InChI=1S/C18H16ClN5O4S/c1-2-23-17(12-5-3-4-6-15(12)25)21-22-18(23)29-10-16(26)20-11-7-8-13(19)14(9-11)24(27)28/h3-9,25H,2,10H2,1H3,(H,20,26). The lowest BCUT2D eigenvalue weighted by molar-refractivity contribution is -0.384. The number of para-hydroxylation sites is 1. The Labute approximate surface area is 174 Å². The molecule has 1 aromatic heterocycles. The fraction of sp³-hybridized carbons (Fsp3) is 0.167. The van der Waals surface area contributed by atoms with Crippen molar-refractivity contribution in [3.63, 3.8) is 0 Å². The number of hydrogen-bond acceptors (Lipinski definition) is 7. The molecule has 0 unspecified atom stereocenters. The second-order valence-corrected chi connectivity index (χ2v) is 7.18. The van der Waals surface area contributed by atoms with Crippen molar-refractivity contribution in [1.29, 1.82) is 0 Å². The molecule has 0 fully saturated rings. The molecule has 0 atom stereocenters. The molecule has 0 saturated heterocycles. The van der Waals surface area contributed by atoms with Crippen molar-refractivity contribution in [3.8, 4) is 17.1 Å². The highest BCUT2D eigenvalue weighted by molar-refractivity contribution is 7.99. The summed E-state index contributed by atoms with van der Waals surface area (Å²) in [6.07, 6.45) is 0.